The summed E-state index contributed by atoms with van der Waals surface area (Å²) in [6.45, 7) is 2.30. The van der Waals surface area contributed by atoms with Crippen LogP contribution in [0, 0.1) is 21.8 Å². The molecule has 0 aromatic heterocycles. The van der Waals surface area contributed by atoms with Crippen LogP contribution in [0.15, 0.2) is 18.2 Å². The van der Waals surface area contributed by atoms with Crippen LogP contribution in [-0.4, -0.2) is 17.4 Å². The zero-order valence-electron chi connectivity index (χ0n) is 10.6. The number of nitrogens with one attached hydrogen (secondary N) is 1. The fourth-order valence-electron chi connectivity index (χ4n) is 1.58. The lowest BCUT2D eigenvalue weighted by Gasteiger charge is -2.12. The fourth-order valence-corrected chi connectivity index (χ4v) is 1.58. The van der Waals surface area contributed by atoms with Gasteiger partial charge in [0.25, 0.3) is 5.69 Å². The molecule has 1 amide bonds. The SMILES string of the molecule is CCC(CN)CC(=O)Nc1ccc([N+](=O)[O-])cc1F. The van der Waals surface area contributed by atoms with Crippen LogP contribution in [0.3, 0.4) is 0 Å². The van der Waals surface area contributed by atoms with Crippen molar-refractivity contribution in [2.75, 3.05) is 11.9 Å². The quantitative estimate of drug-likeness (QED) is 0.610. The van der Waals surface area contributed by atoms with E-state index in [2.05, 4.69) is 5.32 Å². The molecule has 7 heteroatoms. The molecule has 1 aromatic carbocycles. The zero-order chi connectivity index (χ0) is 14.4. The third kappa shape index (κ3) is 4.29. The number of hydrogen-bond donors (Lipinski definition) is 2. The molecule has 6 nitrogen and oxygen atoms in total. The van der Waals surface area contributed by atoms with Crippen LogP contribution in [-0.2, 0) is 4.79 Å². The lowest BCUT2D eigenvalue weighted by atomic mass is 10.0. The van der Waals surface area contributed by atoms with Gasteiger partial charge in [-0.2, -0.15) is 0 Å². The van der Waals surface area contributed by atoms with Gasteiger partial charge in [0.05, 0.1) is 16.7 Å². The Kier molecular flexibility index (Phi) is 5.37. The molecule has 0 aliphatic carbocycles. The number of nitro benzene ring substituents is 1. The minimum Gasteiger partial charge on any atom is -0.330 e. The lowest BCUT2D eigenvalue weighted by Crippen LogP contribution is -2.22. The van der Waals surface area contributed by atoms with Crippen molar-refractivity contribution in [1.82, 2.24) is 0 Å². The number of carbonyl (C=O) groups is 1. The molecule has 1 aromatic rings. The van der Waals surface area contributed by atoms with Gasteiger partial charge in [0.2, 0.25) is 5.91 Å². The molecule has 1 unspecified atom stereocenters. The molecule has 0 saturated heterocycles. The lowest BCUT2D eigenvalue weighted by molar-refractivity contribution is -0.385. The van der Waals surface area contributed by atoms with E-state index >= 15 is 0 Å². The minimum atomic E-state index is -0.830. The van der Waals surface area contributed by atoms with E-state index in [1.54, 1.807) is 0 Å². The Bertz CT molecular complexity index is 475. The summed E-state index contributed by atoms with van der Waals surface area (Å²) in [4.78, 5) is 21.4. The van der Waals surface area contributed by atoms with Crippen molar-refractivity contribution in [3.63, 3.8) is 0 Å². The second-order valence-electron chi connectivity index (χ2n) is 4.18. The number of rotatable bonds is 6. The van der Waals surface area contributed by atoms with Crippen LogP contribution < -0.4 is 11.1 Å². The molecular formula is C12H16FN3O3. The fraction of sp³-hybridized carbons (Fsp3) is 0.417. The first-order valence-corrected chi connectivity index (χ1v) is 5.91. The highest BCUT2D eigenvalue weighted by Crippen LogP contribution is 2.21. The topological polar surface area (TPSA) is 98.3 Å². The van der Waals surface area contributed by atoms with Crippen molar-refractivity contribution >= 4 is 17.3 Å². The normalized spacial score (nSPS) is 11.9. The summed E-state index contributed by atoms with van der Waals surface area (Å²) in [5.74, 6) is -1.14. The minimum absolute atomic E-state index is 0.0427. The molecule has 104 valence electrons. The monoisotopic (exact) mass is 269 g/mol. The van der Waals surface area contributed by atoms with Crippen LogP contribution in [0.2, 0.25) is 0 Å². The van der Waals surface area contributed by atoms with E-state index in [4.69, 9.17) is 5.73 Å². The maximum Gasteiger partial charge on any atom is 0.272 e. The number of nitrogens with two attached hydrogens (primary N) is 1. The van der Waals surface area contributed by atoms with E-state index in [1.165, 1.54) is 6.07 Å². The number of anilines is 1. The number of halogens is 1. The Morgan fingerprint density at radius 3 is 2.74 bits per heavy atom. The van der Waals surface area contributed by atoms with Gasteiger partial charge in [-0.05, 0) is 18.5 Å². The van der Waals surface area contributed by atoms with Gasteiger partial charge in [0, 0.05) is 12.5 Å². The Balaban J connectivity index is 2.72. The zero-order valence-corrected chi connectivity index (χ0v) is 10.6. The van der Waals surface area contributed by atoms with Crippen molar-refractivity contribution in [2.45, 2.75) is 19.8 Å². The van der Waals surface area contributed by atoms with E-state index in [0.29, 0.717) is 6.54 Å². The number of benzene rings is 1. The summed E-state index contributed by atoms with van der Waals surface area (Å²) in [5, 5.41) is 12.8. The summed E-state index contributed by atoms with van der Waals surface area (Å²) in [6.07, 6.45) is 0.954. The van der Waals surface area contributed by atoms with Crippen molar-refractivity contribution in [1.29, 1.82) is 0 Å². The third-order valence-electron chi connectivity index (χ3n) is 2.82. The average Bonchev–Trinajstić information content (AvgIpc) is 2.38. The predicted molar refractivity (Wildman–Crippen MR) is 69.1 cm³/mol. The number of non-ortho nitro benzene ring substituents is 1. The van der Waals surface area contributed by atoms with Gasteiger partial charge in [-0.3, -0.25) is 14.9 Å². The second-order valence-corrected chi connectivity index (χ2v) is 4.18. The van der Waals surface area contributed by atoms with Crippen LogP contribution in [0.25, 0.3) is 0 Å². The highest BCUT2D eigenvalue weighted by molar-refractivity contribution is 5.91. The average molecular weight is 269 g/mol. The van der Waals surface area contributed by atoms with Crippen molar-refractivity contribution < 1.29 is 14.1 Å². The van der Waals surface area contributed by atoms with Gasteiger partial charge in [-0.25, -0.2) is 4.39 Å². The van der Waals surface area contributed by atoms with E-state index in [9.17, 15) is 19.3 Å². The van der Waals surface area contributed by atoms with E-state index in [0.717, 1.165) is 18.6 Å². The Morgan fingerprint density at radius 2 is 2.26 bits per heavy atom. The number of carbonyl (C=O) groups excluding carboxylic acids is 1. The molecule has 0 aliphatic heterocycles. The maximum absolute atomic E-state index is 13.5. The molecule has 0 heterocycles. The highest BCUT2D eigenvalue weighted by atomic mass is 19.1. The van der Waals surface area contributed by atoms with Crippen molar-refractivity contribution in [2.24, 2.45) is 11.7 Å². The molecule has 0 radical (unpaired) electrons. The molecule has 0 spiro atoms. The van der Waals surface area contributed by atoms with E-state index in [1.807, 2.05) is 6.92 Å². The third-order valence-corrected chi connectivity index (χ3v) is 2.82. The number of hydrogen-bond acceptors (Lipinski definition) is 4. The van der Waals surface area contributed by atoms with Gasteiger partial charge in [-0.15, -0.1) is 0 Å². The number of amides is 1. The van der Waals surface area contributed by atoms with Gasteiger partial charge in [0.15, 0.2) is 5.82 Å². The second kappa shape index (κ2) is 6.79. The van der Waals surface area contributed by atoms with Crippen LogP contribution in [0.4, 0.5) is 15.8 Å². The summed E-state index contributed by atoms with van der Waals surface area (Å²) in [6, 6.07) is 3.09. The first-order chi connectivity index (χ1) is 8.97. The summed E-state index contributed by atoms with van der Waals surface area (Å²) < 4.78 is 13.5. The molecule has 1 atom stereocenters. The summed E-state index contributed by atoms with van der Waals surface area (Å²) in [7, 11) is 0. The predicted octanol–water partition coefficient (Wildman–Crippen LogP) is 2.05. The maximum atomic E-state index is 13.5. The molecule has 0 bridgehead atoms. The molecule has 0 aliphatic rings. The smallest absolute Gasteiger partial charge is 0.272 e. The molecule has 0 saturated carbocycles. The van der Waals surface area contributed by atoms with Crippen LogP contribution in [0.1, 0.15) is 19.8 Å². The highest BCUT2D eigenvalue weighted by Gasteiger charge is 2.15. The molecule has 0 fully saturated rings. The largest absolute Gasteiger partial charge is 0.330 e. The van der Waals surface area contributed by atoms with Gasteiger partial charge < -0.3 is 11.1 Å². The first-order valence-electron chi connectivity index (χ1n) is 5.91. The summed E-state index contributed by atoms with van der Waals surface area (Å²) >= 11 is 0. The molecule has 1 rings (SSSR count). The molecular weight excluding hydrogens is 253 g/mol. The first kappa shape index (κ1) is 15.0. The summed E-state index contributed by atoms with van der Waals surface area (Å²) in [5.41, 5.74) is 5.05. The van der Waals surface area contributed by atoms with Crippen LogP contribution in [0.5, 0.6) is 0 Å². The Labute approximate surface area is 109 Å². The van der Waals surface area contributed by atoms with Crippen LogP contribution >= 0.6 is 0 Å². The van der Waals surface area contributed by atoms with E-state index in [-0.39, 0.29) is 29.6 Å². The van der Waals surface area contributed by atoms with Gasteiger partial charge in [-0.1, -0.05) is 13.3 Å². The van der Waals surface area contributed by atoms with Crippen molar-refractivity contribution in [3.8, 4) is 0 Å². The van der Waals surface area contributed by atoms with Gasteiger partial charge >= 0.3 is 0 Å². The Morgan fingerprint density at radius 1 is 1.58 bits per heavy atom. The standard InChI is InChI=1S/C12H16FN3O3/c1-2-8(7-14)5-12(17)15-11-4-3-9(16(18)19)6-10(11)13/h3-4,6,8H,2,5,7,14H2,1H3,(H,15,17). The van der Waals surface area contributed by atoms with E-state index < -0.39 is 10.7 Å². The van der Waals surface area contributed by atoms with Gasteiger partial charge in [0.1, 0.15) is 0 Å². The number of nitrogens with zero attached hydrogens (tertiary/aromatic N) is 1. The van der Waals surface area contributed by atoms with Crippen molar-refractivity contribution in [3.05, 3.63) is 34.1 Å². The number of nitro groups is 1. The Hall–Kier alpha value is -2.02. The molecule has 19 heavy (non-hydrogen) atoms. The molecule has 3 N–H and O–H groups in total.